The lowest BCUT2D eigenvalue weighted by molar-refractivity contribution is 0.504. The Hall–Kier alpha value is -3.55. The number of aryl methyl sites for hydroxylation is 1. The van der Waals surface area contributed by atoms with E-state index in [0.29, 0.717) is 12.4 Å². The Morgan fingerprint density at radius 1 is 0.914 bits per heavy atom. The van der Waals surface area contributed by atoms with Gasteiger partial charge in [-0.25, -0.2) is 9.48 Å². The van der Waals surface area contributed by atoms with Gasteiger partial charge in [-0.2, -0.15) is 10.3 Å². The minimum atomic E-state index is -0.0347. The zero-order valence-corrected chi connectivity index (χ0v) is 20.9. The van der Waals surface area contributed by atoms with E-state index in [-0.39, 0.29) is 11.7 Å². The fraction of sp³-hybridized carbons (Fsp3) is 0.444. The van der Waals surface area contributed by atoms with Crippen molar-refractivity contribution in [3.8, 4) is 22.5 Å². The Morgan fingerprint density at radius 2 is 1.63 bits per heavy atom. The lowest BCUT2D eigenvalue weighted by Gasteiger charge is -2.09. The highest BCUT2D eigenvalue weighted by Gasteiger charge is 2.16. The average molecular weight is 474 g/mol. The van der Waals surface area contributed by atoms with E-state index in [2.05, 4.69) is 63.0 Å². The summed E-state index contributed by atoms with van der Waals surface area (Å²) in [7, 11) is 0. The van der Waals surface area contributed by atoms with Gasteiger partial charge in [0.05, 0.1) is 12.6 Å². The molecule has 0 fully saturated rings. The fourth-order valence-electron chi connectivity index (χ4n) is 4.38. The van der Waals surface area contributed by atoms with Gasteiger partial charge >= 0.3 is 5.69 Å². The first-order valence-electron chi connectivity index (χ1n) is 12.7. The maximum absolute atomic E-state index is 13.1. The zero-order chi connectivity index (χ0) is 24.6. The van der Waals surface area contributed by atoms with Gasteiger partial charge in [-0.15, -0.1) is 10.2 Å². The lowest BCUT2D eigenvalue weighted by atomic mass is 9.98. The first kappa shape index (κ1) is 24.6. The van der Waals surface area contributed by atoms with Crippen LogP contribution in [-0.2, 0) is 13.0 Å². The van der Waals surface area contributed by atoms with Crippen LogP contribution in [0.25, 0.3) is 22.5 Å². The van der Waals surface area contributed by atoms with Crippen molar-refractivity contribution in [2.45, 2.75) is 78.3 Å². The van der Waals surface area contributed by atoms with Gasteiger partial charge in [-0.3, -0.25) is 4.57 Å². The van der Waals surface area contributed by atoms with Crippen LogP contribution in [0.2, 0.25) is 0 Å². The summed E-state index contributed by atoms with van der Waals surface area (Å²) in [5, 5.41) is 19.2. The molecule has 0 bridgehead atoms. The number of nitrogens with zero attached hydrogens (tertiary/aromatic N) is 6. The van der Waals surface area contributed by atoms with Gasteiger partial charge in [-0.1, -0.05) is 87.6 Å². The van der Waals surface area contributed by atoms with Gasteiger partial charge in [0.15, 0.2) is 0 Å². The molecule has 2 aromatic carbocycles. The van der Waals surface area contributed by atoms with Crippen molar-refractivity contribution in [1.29, 1.82) is 0 Å². The normalized spacial score (nSPS) is 11.4. The van der Waals surface area contributed by atoms with E-state index in [9.17, 15) is 4.79 Å². The quantitative estimate of drug-likeness (QED) is 0.277. The van der Waals surface area contributed by atoms with Crippen LogP contribution in [0.15, 0.2) is 53.3 Å². The van der Waals surface area contributed by atoms with E-state index in [1.807, 2.05) is 36.6 Å². The van der Waals surface area contributed by atoms with Gasteiger partial charge in [-0.05, 0) is 42.2 Å². The molecule has 35 heavy (non-hydrogen) atoms. The van der Waals surface area contributed by atoms with Crippen LogP contribution in [0.3, 0.4) is 0 Å². The molecule has 0 saturated carbocycles. The molecular formula is C27H35N7O. The predicted molar refractivity (Wildman–Crippen MR) is 138 cm³/mol. The summed E-state index contributed by atoms with van der Waals surface area (Å²) in [4.78, 5) is 13.1. The highest BCUT2D eigenvalue weighted by molar-refractivity contribution is 5.80. The maximum Gasteiger partial charge on any atom is 0.346 e. The Labute approximate surface area is 206 Å². The molecule has 184 valence electrons. The molecule has 0 atom stereocenters. The number of H-pyrrole nitrogens is 1. The summed E-state index contributed by atoms with van der Waals surface area (Å²) in [6, 6.07) is 16.4. The van der Waals surface area contributed by atoms with Crippen LogP contribution in [0.5, 0.6) is 0 Å². The molecule has 8 nitrogen and oxygen atoms in total. The monoisotopic (exact) mass is 473 g/mol. The number of nitrogens with one attached hydrogen (secondary N) is 1. The topological polar surface area (TPSA) is 94.3 Å². The van der Waals surface area contributed by atoms with Crippen molar-refractivity contribution in [2.75, 3.05) is 0 Å². The van der Waals surface area contributed by atoms with Gasteiger partial charge < -0.3 is 0 Å². The number of hydrogen-bond acceptors (Lipinski definition) is 5. The Morgan fingerprint density at radius 3 is 2.31 bits per heavy atom. The molecule has 0 amide bonds. The molecule has 0 spiro atoms. The lowest BCUT2D eigenvalue weighted by Crippen LogP contribution is -2.27. The number of aromatic amines is 1. The van der Waals surface area contributed by atoms with E-state index in [1.165, 1.54) is 32.1 Å². The van der Waals surface area contributed by atoms with Gasteiger partial charge in [0.2, 0.25) is 5.82 Å². The number of benzene rings is 2. The molecule has 0 saturated heterocycles. The minimum Gasteiger partial charge on any atom is -0.274 e. The molecular weight excluding hydrogens is 438 g/mol. The maximum atomic E-state index is 13.1. The van der Waals surface area contributed by atoms with Crippen molar-refractivity contribution in [3.05, 3.63) is 70.4 Å². The average Bonchev–Trinajstić information content (AvgIpc) is 3.51. The molecule has 2 aromatic heterocycles. The first-order chi connectivity index (χ1) is 17.1. The van der Waals surface area contributed by atoms with Crippen molar-refractivity contribution in [2.24, 2.45) is 0 Å². The summed E-state index contributed by atoms with van der Waals surface area (Å²) in [5.74, 6) is 1.45. The number of tetrazole rings is 1. The highest BCUT2D eigenvalue weighted by atomic mass is 16.2. The van der Waals surface area contributed by atoms with Crippen molar-refractivity contribution < 1.29 is 0 Å². The molecule has 0 aliphatic rings. The number of unbranched alkanes of at least 4 members (excludes halogenated alkanes) is 5. The first-order valence-corrected chi connectivity index (χ1v) is 12.7. The van der Waals surface area contributed by atoms with Gasteiger partial charge in [0.1, 0.15) is 5.82 Å². The summed E-state index contributed by atoms with van der Waals surface area (Å²) in [6.45, 7) is 6.76. The van der Waals surface area contributed by atoms with Crippen LogP contribution >= 0.6 is 0 Å². The van der Waals surface area contributed by atoms with E-state index in [1.54, 1.807) is 4.68 Å². The Bertz CT molecular complexity index is 1250. The molecule has 4 aromatic rings. The summed E-state index contributed by atoms with van der Waals surface area (Å²) >= 11 is 0. The van der Waals surface area contributed by atoms with E-state index < -0.39 is 0 Å². The second-order valence-electron chi connectivity index (χ2n) is 9.32. The molecule has 0 radical (unpaired) electrons. The minimum absolute atomic E-state index is 0.0347. The zero-order valence-electron chi connectivity index (χ0n) is 20.9. The van der Waals surface area contributed by atoms with E-state index >= 15 is 0 Å². The molecule has 2 heterocycles. The summed E-state index contributed by atoms with van der Waals surface area (Å²) in [5.41, 5.74) is 4.05. The summed E-state index contributed by atoms with van der Waals surface area (Å²) < 4.78 is 3.45. The molecule has 4 rings (SSSR count). The second-order valence-corrected chi connectivity index (χ2v) is 9.32. The molecule has 1 N–H and O–H groups in total. The third kappa shape index (κ3) is 5.93. The van der Waals surface area contributed by atoms with Gasteiger partial charge in [0.25, 0.3) is 0 Å². The van der Waals surface area contributed by atoms with Crippen LogP contribution in [0.4, 0.5) is 0 Å². The summed E-state index contributed by atoms with van der Waals surface area (Å²) in [6.07, 6.45) is 8.14. The van der Waals surface area contributed by atoms with Crippen molar-refractivity contribution >= 4 is 0 Å². The van der Waals surface area contributed by atoms with Crippen LogP contribution in [-0.4, -0.2) is 35.0 Å². The molecule has 0 unspecified atom stereocenters. The SMILES string of the molecule is CCCCCCCCc1nn(C(C)C)c(=O)n1Cc1ccc(-c2ccccc2-c2nn[nH]n2)cc1. The van der Waals surface area contributed by atoms with E-state index in [4.69, 9.17) is 0 Å². The molecule has 8 heteroatoms. The van der Waals surface area contributed by atoms with Crippen molar-refractivity contribution in [3.63, 3.8) is 0 Å². The number of rotatable bonds is 12. The fourth-order valence-corrected chi connectivity index (χ4v) is 4.38. The van der Waals surface area contributed by atoms with Crippen molar-refractivity contribution in [1.82, 2.24) is 35.0 Å². The second kappa shape index (κ2) is 11.7. The standard InChI is InChI=1S/C27H35N7O/c1-4-5-6-7-8-9-14-25-30-34(20(2)3)27(35)33(25)19-21-15-17-22(18-16-21)23-12-10-11-13-24(23)26-28-31-32-29-26/h10-13,15-18,20H,4-9,14,19H2,1-3H3,(H,28,29,31,32). The Kier molecular flexibility index (Phi) is 8.23. The number of aromatic nitrogens is 7. The van der Waals surface area contributed by atoms with Crippen LogP contribution < -0.4 is 5.69 Å². The molecule has 0 aliphatic carbocycles. The highest BCUT2D eigenvalue weighted by Crippen LogP contribution is 2.29. The molecule has 0 aliphatic heterocycles. The Balaban J connectivity index is 1.52. The van der Waals surface area contributed by atoms with Crippen LogP contribution in [0.1, 0.15) is 76.7 Å². The van der Waals surface area contributed by atoms with Crippen LogP contribution in [0, 0.1) is 0 Å². The number of hydrogen-bond donors (Lipinski definition) is 1. The smallest absolute Gasteiger partial charge is 0.274 e. The third-order valence-corrected chi connectivity index (χ3v) is 6.32. The van der Waals surface area contributed by atoms with E-state index in [0.717, 1.165) is 40.9 Å². The third-order valence-electron chi connectivity index (χ3n) is 6.32. The van der Waals surface area contributed by atoms with Gasteiger partial charge in [0, 0.05) is 12.0 Å². The predicted octanol–water partition coefficient (Wildman–Crippen LogP) is 5.42. The largest absolute Gasteiger partial charge is 0.346 e.